The highest BCUT2D eigenvalue weighted by Crippen LogP contribution is 2.20. The average Bonchev–Trinajstić information content (AvgIpc) is 2.39. The van der Waals surface area contributed by atoms with E-state index >= 15 is 0 Å². The van der Waals surface area contributed by atoms with Crippen LogP contribution in [-0.4, -0.2) is 24.7 Å². The summed E-state index contributed by atoms with van der Waals surface area (Å²) in [6, 6.07) is 5.92. The Labute approximate surface area is 112 Å². The number of hydrogen-bond acceptors (Lipinski definition) is 3. The first-order valence-corrected chi connectivity index (χ1v) is 6.44. The van der Waals surface area contributed by atoms with Gasteiger partial charge in [-0.05, 0) is 37.5 Å². The third kappa shape index (κ3) is 3.30. The van der Waals surface area contributed by atoms with Gasteiger partial charge < -0.3 is 15.8 Å². The predicted molar refractivity (Wildman–Crippen MR) is 69.9 cm³/mol. The number of carbonyl (C=O) groups excluding carboxylic acids is 1. The molecule has 1 aromatic rings. The van der Waals surface area contributed by atoms with Crippen molar-refractivity contribution in [3.63, 3.8) is 0 Å². The van der Waals surface area contributed by atoms with Crippen LogP contribution in [0.15, 0.2) is 24.3 Å². The molecule has 0 aromatic heterocycles. The van der Waals surface area contributed by atoms with Crippen LogP contribution >= 0.6 is 0 Å². The molecule has 0 saturated carbocycles. The fourth-order valence-corrected chi connectivity index (χ4v) is 2.16. The quantitative estimate of drug-likeness (QED) is 0.871. The van der Waals surface area contributed by atoms with Crippen molar-refractivity contribution in [1.29, 1.82) is 0 Å². The maximum Gasteiger partial charge on any atom is 0.240 e. The lowest BCUT2D eigenvalue weighted by Gasteiger charge is -2.33. The molecule has 1 fully saturated rings. The molecule has 0 radical (unpaired) electrons. The van der Waals surface area contributed by atoms with E-state index in [0.29, 0.717) is 26.1 Å². The number of amides is 1. The van der Waals surface area contributed by atoms with Crippen LogP contribution in [0.25, 0.3) is 0 Å². The van der Waals surface area contributed by atoms with Crippen LogP contribution in [0.3, 0.4) is 0 Å². The highest BCUT2D eigenvalue weighted by Gasteiger charge is 2.36. The molecule has 1 atom stereocenters. The molecule has 3 N–H and O–H groups in total. The summed E-state index contributed by atoms with van der Waals surface area (Å²) in [4.78, 5) is 12.2. The Morgan fingerprint density at radius 2 is 2.16 bits per heavy atom. The van der Waals surface area contributed by atoms with Gasteiger partial charge >= 0.3 is 0 Å². The van der Waals surface area contributed by atoms with Crippen molar-refractivity contribution >= 4 is 5.91 Å². The normalized spacial score (nSPS) is 19.7. The zero-order chi connectivity index (χ0) is 13.9. The van der Waals surface area contributed by atoms with E-state index in [4.69, 9.17) is 10.5 Å². The van der Waals surface area contributed by atoms with Crippen LogP contribution in [0.5, 0.6) is 0 Å². The average molecular weight is 266 g/mol. The largest absolute Gasteiger partial charge is 0.381 e. The van der Waals surface area contributed by atoms with Gasteiger partial charge in [-0.15, -0.1) is 0 Å². The molecule has 0 bridgehead atoms. The van der Waals surface area contributed by atoms with E-state index in [2.05, 4.69) is 5.32 Å². The van der Waals surface area contributed by atoms with Gasteiger partial charge in [-0.3, -0.25) is 4.79 Å². The predicted octanol–water partition coefficient (Wildman–Crippen LogP) is 1.51. The maximum atomic E-state index is 13.1. The fourth-order valence-electron chi connectivity index (χ4n) is 2.16. The fraction of sp³-hybridized carbons (Fsp3) is 0.500. The van der Waals surface area contributed by atoms with Crippen LogP contribution in [0.4, 0.5) is 4.39 Å². The lowest BCUT2D eigenvalue weighted by Crippen LogP contribution is -2.57. The smallest absolute Gasteiger partial charge is 0.240 e. The van der Waals surface area contributed by atoms with Gasteiger partial charge in [-0.1, -0.05) is 12.1 Å². The van der Waals surface area contributed by atoms with Crippen molar-refractivity contribution in [2.24, 2.45) is 5.73 Å². The second kappa shape index (κ2) is 5.67. The monoisotopic (exact) mass is 266 g/mol. The summed E-state index contributed by atoms with van der Waals surface area (Å²) in [5.41, 5.74) is 5.94. The molecule has 4 nitrogen and oxygen atoms in total. The summed E-state index contributed by atoms with van der Waals surface area (Å²) < 4.78 is 18.4. The molecule has 19 heavy (non-hydrogen) atoms. The highest BCUT2D eigenvalue weighted by atomic mass is 19.1. The number of nitrogens with two attached hydrogens (primary N) is 1. The van der Waals surface area contributed by atoms with Crippen molar-refractivity contribution in [2.45, 2.75) is 31.3 Å². The Bertz CT molecular complexity index is 459. The lowest BCUT2D eigenvalue weighted by atomic mass is 9.90. The van der Waals surface area contributed by atoms with Crippen molar-refractivity contribution in [3.05, 3.63) is 35.6 Å². The second-order valence-corrected chi connectivity index (χ2v) is 5.02. The number of carbonyl (C=O) groups is 1. The van der Waals surface area contributed by atoms with E-state index in [9.17, 15) is 9.18 Å². The van der Waals surface area contributed by atoms with Gasteiger partial charge in [0.05, 0.1) is 11.6 Å². The van der Waals surface area contributed by atoms with E-state index in [0.717, 1.165) is 5.56 Å². The molecule has 2 rings (SSSR count). The molecule has 1 aliphatic heterocycles. The molecular weight excluding hydrogens is 247 g/mol. The van der Waals surface area contributed by atoms with Gasteiger partial charge in [0.2, 0.25) is 5.91 Å². The summed E-state index contributed by atoms with van der Waals surface area (Å²) in [7, 11) is 0. The molecule has 0 aliphatic carbocycles. The van der Waals surface area contributed by atoms with E-state index in [1.54, 1.807) is 12.1 Å². The van der Waals surface area contributed by atoms with Gasteiger partial charge in [0, 0.05) is 13.2 Å². The molecule has 1 heterocycles. The summed E-state index contributed by atoms with van der Waals surface area (Å²) in [5, 5.41) is 2.85. The van der Waals surface area contributed by atoms with Crippen molar-refractivity contribution in [3.8, 4) is 0 Å². The minimum Gasteiger partial charge on any atom is -0.381 e. The first kappa shape index (κ1) is 14.0. The number of hydrogen-bond donors (Lipinski definition) is 2. The van der Waals surface area contributed by atoms with Gasteiger partial charge in [0.25, 0.3) is 0 Å². The summed E-state index contributed by atoms with van der Waals surface area (Å²) >= 11 is 0. The number of benzene rings is 1. The SMILES string of the molecule is C[C@H](NC(=O)C1(N)CCOCC1)c1cccc(F)c1. The highest BCUT2D eigenvalue weighted by molar-refractivity contribution is 5.86. The summed E-state index contributed by atoms with van der Waals surface area (Å²) in [5.74, 6) is -0.514. The zero-order valence-electron chi connectivity index (χ0n) is 11.0. The maximum absolute atomic E-state index is 13.1. The van der Waals surface area contributed by atoms with Crippen molar-refractivity contribution in [2.75, 3.05) is 13.2 Å². The van der Waals surface area contributed by atoms with E-state index in [1.165, 1.54) is 12.1 Å². The zero-order valence-corrected chi connectivity index (χ0v) is 11.0. The minimum atomic E-state index is -0.875. The molecule has 1 saturated heterocycles. The summed E-state index contributed by atoms with van der Waals surface area (Å²) in [6.45, 7) is 2.81. The third-order valence-electron chi connectivity index (χ3n) is 3.53. The summed E-state index contributed by atoms with van der Waals surface area (Å²) in [6.07, 6.45) is 1.02. The minimum absolute atomic E-state index is 0.201. The Morgan fingerprint density at radius 1 is 1.47 bits per heavy atom. The van der Waals surface area contributed by atoms with E-state index in [1.807, 2.05) is 6.92 Å². The lowest BCUT2D eigenvalue weighted by molar-refractivity contribution is -0.130. The number of ether oxygens (including phenoxy) is 1. The van der Waals surface area contributed by atoms with E-state index in [-0.39, 0.29) is 17.8 Å². The Balaban J connectivity index is 2.02. The Kier molecular flexibility index (Phi) is 4.17. The van der Waals surface area contributed by atoms with Crippen LogP contribution in [0.1, 0.15) is 31.4 Å². The number of nitrogens with one attached hydrogen (secondary N) is 1. The standard InChI is InChI=1S/C14H19FN2O2/c1-10(11-3-2-4-12(15)9-11)17-13(18)14(16)5-7-19-8-6-14/h2-4,9-10H,5-8,16H2,1H3,(H,17,18)/t10-/m0/s1. The number of rotatable bonds is 3. The van der Waals surface area contributed by atoms with Crippen molar-refractivity contribution < 1.29 is 13.9 Å². The third-order valence-corrected chi connectivity index (χ3v) is 3.53. The van der Waals surface area contributed by atoms with Crippen LogP contribution in [0.2, 0.25) is 0 Å². The van der Waals surface area contributed by atoms with Gasteiger partial charge in [-0.2, -0.15) is 0 Å². The molecular formula is C14H19FN2O2. The molecule has 0 unspecified atom stereocenters. The molecule has 1 aliphatic rings. The molecule has 0 spiro atoms. The van der Waals surface area contributed by atoms with Crippen molar-refractivity contribution in [1.82, 2.24) is 5.32 Å². The Morgan fingerprint density at radius 3 is 2.79 bits per heavy atom. The van der Waals surface area contributed by atoms with E-state index < -0.39 is 5.54 Å². The van der Waals surface area contributed by atoms with Crippen LogP contribution in [0, 0.1) is 5.82 Å². The molecule has 5 heteroatoms. The molecule has 1 amide bonds. The number of halogens is 1. The van der Waals surface area contributed by atoms with Crippen LogP contribution < -0.4 is 11.1 Å². The van der Waals surface area contributed by atoms with Gasteiger partial charge in [0.15, 0.2) is 0 Å². The topological polar surface area (TPSA) is 64.4 Å². The van der Waals surface area contributed by atoms with Crippen LogP contribution in [-0.2, 0) is 9.53 Å². The molecule has 104 valence electrons. The second-order valence-electron chi connectivity index (χ2n) is 5.02. The first-order chi connectivity index (χ1) is 9.01. The van der Waals surface area contributed by atoms with Gasteiger partial charge in [-0.25, -0.2) is 4.39 Å². The first-order valence-electron chi connectivity index (χ1n) is 6.44. The Hall–Kier alpha value is -1.46. The van der Waals surface area contributed by atoms with Gasteiger partial charge in [0.1, 0.15) is 5.82 Å². The molecule has 1 aromatic carbocycles.